The average molecular weight is 364 g/mol. The fraction of sp³-hybridized carbons (Fsp3) is 0.353. The summed E-state index contributed by atoms with van der Waals surface area (Å²) in [4.78, 5) is 22.7. The number of hydrogen-bond acceptors (Lipinski definition) is 5. The Labute approximate surface area is 150 Å². The van der Waals surface area contributed by atoms with Crippen molar-refractivity contribution in [2.75, 3.05) is 18.1 Å². The summed E-state index contributed by atoms with van der Waals surface area (Å²) >= 11 is 7.55. The van der Waals surface area contributed by atoms with E-state index in [2.05, 4.69) is 15.9 Å². The standard InChI is InChI=1S/C17H18ClN3O2S/c1-4-9-21(16(23)17(2,3)7-10-22)15-13(18)20-14(24-15)12-6-5-8-19-11-12/h1,5-6,8,11,22H,7,9-10H2,2-3H3. The highest BCUT2D eigenvalue weighted by Crippen LogP contribution is 2.39. The third kappa shape index (κ3) is 3.93. The molecule has 2 heterocycles. The van der Waals surface area contributed by atoms with E-state index in [0.29, 0.717) is 16.4 Å². The Balaban J connectivity index is 2.41. The minimum atomic E-state index is -0.757. The van der Waals surface area contributed by atoms with Gasteiger partial charge in [-0.3, -0.25) is 14.7 Å². The Hall–Kier alpha value is -1.94. The van der Waals surface area contributed by atoms with Gasteiger partial charge in [0.2, 0.25) is 5.91 Å². The van der Waals surface area contributed by atoms with Crippen LogP contribution in [0.4, 0.5) is 5.00 Å². The Kier molecular flexibility index (Phi) is 5.94. The summed E-state index contributed by atoms with van der Waals surface area (Å²) in [6, 6.07) is 3.67. The van der Waals surface area contributed by atoms with Crippen LogP contribution in [-0.4, -0.2) is 34.1 Å². The van der Waals surface area contributed by atoms with E-state index in [1.807, 2.05) is 6.07 Å². The van der Waals surface area contributed by atoms with Crippen LogP contribution in [0.2, 0.25) is 5.15 Å². The Morgan fingerprint density at radius 3 is 2.88 bits per heavy atom. The van der Waals surface area contributed by atoms with E-state index >= 15 is 0 Å². The number of hydrogen-bond donors (Lipinski definition) is 1. The first-order valence-electron chi connectivity index (χ1n) is 7.33. The van der Waals surface area contributed by atoms with Crippen LogP contribution in [0.25, 0.3) is 10.6 Å². The van der Waals surface area contributed by atoms with Gasteiger partial charge in [0.05, 0.1) is 6.54 Å². The van der Waals surface area contributed by atoms with Gasteiger partial charge in [0, 0.05) is 30.0 Å². The Bertz CT molecular complexity index is 753. The van der Waals surface area contributed by atoms with Gasteiger partial charge in [-0.25, -0.2) is 4.98 Å². The van der Waals surface area contributed by atoms with Crippen LogP contribution in [0.3, 0.4) is 0 Å². The summed E-state index contributed by atoms with van der Waals surface area (Å²) in [5, 5.41) is 10.6. The van der Waals surface area contributed by atoms with Gasteiger partial charge in [0.25, 0.3) is 0 Å². The molecule has 2 rings (SSSR count). The second-order valence-electron chi connectivity index (χ2n) is 5.81. The summed E-state index contributed by atoms with van der Waals surface area (Å²) in [5.74, 6) is 2.29. The van der Waals surface area contributed by atoms with Crippen molar-refractivity contribution in [1.29, 1.82) is 0 Å². The predicted octanol–water partition coefficient (Wildman–Crippen LogP) is 3.23. The number of terminal acetylenes is 1. The molecule has 2 aromatic rings. The molecule has 0 saturated carbocycles. The Morgan fingerprint density at radius 1 is 1.54 bits per heavy atom. The van der Waals surface area contributed by atoms with Gasteiger partial charge >= 0.3 is 0 Å². The molecule has 0 unspecified atom stereocenters. The predicted molar refractivity (Wildman–Crippen MR) is 97.0 cm³/mol. The maximum atomic E-state index is 12.9. The van der Waals surface area contributed by atoms with E-state index in [1.54, 1.807) is 32.3 Å². The van der Waals surface area contributed by atoms with Crippen molar-refractivity contribution < 1.29 is 9.90 Å². The first kappa shape index (κ1) is 18.4. The molecule has 7 heteroatoms. The summed E-state index contributed by atoms with van der Waals surface area (Å²) in [6.07, 6.45) is 9.11. The summed E-state index contributed by atoms with van der Waals surface area (Å²) in [5.41, 5.74) is 0.0614. The molecule has 0 spiro atoms. The van der Waals surface area contributed by atoms with Crippen LogP contribution in [0.15, 0.2) is 24.5 Å². The molecule has 0 aliphatic rings. The lowest BCUT2D eigenvalue weighted by Gasteiger charge is -2.29. The van der Waals surface area contributed by atoms with Crippen LogP contribution in [0.1, 0.15) is 20.3 Å². The second kappa shape index (κ2) is 7.75. The van der Waals surface area contributed by atoms with E-state index in [4.69, 9.17) is 18.0 Å². The first-order valence-corrected chi connectivity index (χ1v) is 8.53. The zero-order chi connectivity index (χ0) is 17.7. The van der Waals surface area contributed by atoms with E-state index < -0.39 is 5.41 Å². The lowest BCUT2D eigenvalue weighted by atomic mass is 9.88. The fourth-order valence-electron chi connectivity index (χ4n) is 2.15. The number of pyridine rings is 1. The first-order chi connectivity index (χ1) is 11.4. The second-order valence-corrected chi connectivity index (χ2v) is 7.15. The fourth-order valence-corrected chi connectivity index (χ4v) is 3.45. The van der Waals surface area contributed by atoms with Gasteiger partial charge < -0.3 is 5.11 Å². The SMILES string of the molecule is C#CCN(C(=O)C(C)(C)CCO)c1sc(-c2cccnc2)nc1Cl. The van der Waals surface area contributed by atoms with Crippen molar-refractivity contribution >= 4 is 33.8 Å². The molecule has 1 amide bonds. The van der Waals surface area contributed by atoms with Crippen LogP contribution >= 0.6 is 22.9 Å². The molecule has 2 aromatic heterocycles. The largest absolute Gasteiger partial charge is 0.396 e. The average Bonchev–Trinajstić information content (AvgIpc) is 2.94. The minimum Gasteiger partial charge on any atom is -0.396 e. The van der Waals surface area contributed by atoms with Gasteiger partial charge in [0.1, 0.15) is 10.0 Å². The zero-order valence-corrected chi connectivity index (χ0v) is 15.1. The van der Waals surface area contributed by atoms with E-state index in [0.717, 1.165) is 5.56 Å². The number of aromatic nitrogens is 2. The normalized spacial score (nSPS) is 11.1. The maximum absolute atomic E-state index is 12.9. The molecule has 0 bridgehead atoms. The minimum absolute atomic E-state index is 0.0833. The van der Waals surface area contributed by atoms with E-state index in [-0.39, 0.29) is 24.2 Å². The van der Waals surface area contributed by atoms with Crippen molar-refractivity contribution in [1.82, 2.24) is 9.97 Å². The number of carbonyl (C=O) groups is 1. The molecule has 0 radical (unpaired) electrons. The Morgan fingerprint density at radius 2 is 2.29 bits per heavy atom. The van der Waals surface area contributed by atoms with Gasteiger partial charge in [0.15, 0.2) is 5.15 Å². The molecule has 24 heavy (non-hydrogen) atoms. The lowest BCUT2D eigenvalue weighted by Crippen LogP contribution is -2.41. The van der Waals surface area contributed by atoms with E-state index in [9.17, 15) is 9.90 Å². The monoisotopic (exact) mass is 363 g/mol. The number of carbonyl (C=O) groups excluding carboxylic acids is 1. The zero-order valence-electron chi connectivity index (χ0n) is 13.5. The van der Waals surface area contributed by atoms with Crippen LogP contribution < -0.4 is 4.90 Å². The number of rotatable bonds is 6. The van der Waals surface area contributed by atoms with Gasteiger partial charge in [-0.05, 0) is 18.6 Å². The number of anilines is 1. The van der Waals surface area contributed by atoms with Crippen molar-refractivity contribution in [3.05, 3.63) is 29.7 Å². The summed E-state index contributed by atoms with van der Waals surface area (Å²) < 4.78 is 0. The third-order valence-electron chi connectivity index (χ3n) is 3.53. The van der Waals surface area contributed by atoms with Crippen molar-refractivity contribution in [2.45, 2.75) is 20.3 Å². The van der Waals surface area contributed by atoms with Crippen LogP contribution in [-0.2, 0) is 4.79 Å². The molecule has 0 aliphatic carbocycles. The maximum Gasteiger partial charge on any atom is 0.234 e. The quantitative estimate of drug-likeness (QED) is 0.800. The summed E-state index contributed by atoms with van der Waals surface area (Å²) in [7, 11) is 0. The number of thiazole rings is 1. The van der Waals surface area contributed by atoms with E-state index in [1.165, 1.54) is 16.2 Å². The number of nitrogens with zero attached hydrogens (tertiary/aromatic N) is 3. The molecule has 5 nitrogen and oxygen atoms in total. The highest BCUT2D eigenvalue weighted by atomic mass is 35.5. The number of aliphatic hydroxyl groups is 1. The molecule has 0 aliphatic heterocycles. The topological polar surface area (TPSA) is 66.3 Å². The number of aliphatic hydroxyl groups excluding tert-OH is 1. The van der Waals surface area contributed by atoms with Gasteiger partial charge in [-0.15, -0.1) is 6.42 Å². The molecule has 1 N–H and O–H groups in total. The summed E-state index contributed by atoms with van der Waals surface area (Å²) in [6.45, 7) is 3.54. The molecular weight excluding hydrogens is 346 g/mol. The van der Waals surface area contributed by atoms with Crippen molar-refractivity contribution in [2.24, 2.45) is 5.41 Å². The molecule has 0 fully saturated rings. The molecule has 0 atom stereocenters. The molecule has 0 saturated heterocycles. The highest BCUT2D eigenvalue weighted by molar-refractivity contribution is 7.19. The molecule has 0 aromatic carbocycles. The number of halogens is 1. The van der Waals surface area contributed by atoms with Gasteiger partial charge in [-0.2, -0.15) is 0 Å². The van der Waals surface area contributed by atoms with Crippen molar-refractivity contribution in [3.8, 4) is 22.9 Å². The van der Waals surface area contributed by atoms with Gasteiger partial charge in [-0.1, -0.05) is 42.7 Å². The lowest BCUT2D eigenvalue weighted by molar-refractivity contribution is -0.127. The van der Waals surface area contributed by atoms with Crippen molar-refractivity contribution in [3.63, 3.8) is 0 Å². The molecule has 126 valence electrons. The smallest absolute Gasteiger partial charge is 0.234 e. The van der Waals surface area contributed by atoms with Crippen LogP contribution in [0, 0.1) is 17.8 Å². The number of amides is 1. The third-order valence-corrected chi connectivity index (χ3v) is 5.04. The molecular formula is C17H18ClN3O2S. The van der Waals surface area contributed by atoms with Crippen LogP contribution in [0.5, 0.6) is 0 Å². The highest BCUT2D eigenvalue weighted by Gasteiger charge is 2.34.